The number of ether oxygens (including phenoxy) is 2. The molecule has 160 valence electrons. The number of hydrogen-bond donors (Lipinski definition) is 2. The highest BCUT2D eigenvalue weighted by molar-refractivity contribution is 5.79. The quantitative estimate of drug-likeness (QED) is 0.379. The minimum absolute atomic E-state index is 0.704. The first-order valence-electron chi connectivity index (χ1n) is 11.0. The molecule has 1 fully saturated rings. The van der Waals surface area contributed by atoms with Gasteiger partial charge in [0.1, 0.15) is 12.4 Å². The van der Waals surface area contributed by atoms with E-state index in [2.05, 4.69) is 38.7 Å². The van der Waals surface area contributed by atoms with E-state index in [1.165, 1.54) is 31.2 Å². The van der Waals surface area contributed by atoms with Crippen molar-refractivity contribution in [2.24, 2.45) is 4.99 Å². The molecule has 0 radical (unpaired) electrons. The van der Waals surface area contributed by atoms with Gasteiger partial charge in [-0.1, -0.05) is 23.8 Å². The summed E-state index contributed by atoms with van der Waals surface area (Å²) in [5, 5.41) is 6.82. The second-order valence-corrected chi connectivity index (χ2v) is 7.66. The molecular formula is C23H36N4O2. The molecule has 6 heteroatoms. The van der Waals surface area contributed by atoms with Gasteiger partial charge in [0.05, 0.1) is 13.2 Å². The summed E-state index contributed by atoms with van der Waals surface area (Å²) < 4.78 is 11.3. The summed E-state index contributed by atoms with van der Waals surface area (Å²) in [6, 6.07) is 8.29. The zero-order chi connectivity index (χ0) is 20.2. The van der Waals surface area contributed by atoms with Crippen molar-refractivity contribution in [2.75, 3.05) is 53.0 Å². The first-order chi connectivity index (χ1) is 14.3. The number of nitrogens with one attached hydrogen (secondary N) is 2. The van der Waals surface area contributed by atoms with Gasteiger partial charge >= 0.3 is 0 Å². The Bertz CT molecular complexity index is 669. The molecule has 0 amide bonds. The largest absolute Gasteiger partial charge is 0.492 e. The number of morpholine rings is 1. The molecule has 1 aliphatic heterocycles. The molecule has 0 atom stereocenters. The number of benzene rings is 1. The second kappa shape index (κ2) is 12.5. The van der Waals surface area contributed by atoms with E-state index < -0.39 is 0 Å². The highest BCUT2D eigenvalue weighted by atomic mass is 16.5. The molecule has 2 aliphatic rings. The average Bonchev–Trinajstić information content (AvgIpc) is 2.78. The molecular weight excluding hydrogens is 364 g/mol. The lowest BCUT2D eigenvalue weighted by Crippen LogP contribution is -2.38. The first kappa shape index (κ1) is 21.7. The Morgan fingerprint density at radius 3 is 2.90 bits per heavy atom. The number of hydrogen-bond acceptors (Lipinski definition) is 4. The zero-order valence-electron chi connectivity index (χ0n) is 17.8. The van der Waals surface area contributed by atoms with Crippen molar-refractivity contribution < 1.29 is 9.47 Å². The van der Waals surface area contributed by atoms with Crippen molar-refractivity contribution in [2.45, 2.75) is 38.6 Å². The van der Waals surface area contributed by atoms with Crippen molar-refractivity contribution in [3.05, 3.63) is 41.5 Å². The van der Waals surface area contributed by atoms with Crippen molar-refractivity contribution in [1.29, 1.82) is 0 Å². The fourth-order valence-corrected chi connectivity index (χ4v) is 3.74. The number of allylic oxidation sites excluding steroid dienone is 1. The molecule has 1 heterocycles. The van der Waals surface area contributed by atoms with Crippen molar-refractivity contribution in [3.8, 4) is 5.75 Å². The summed E-state index contributed by atoms with van der Waals surface area (Å²) >= 11 is 0. The van der Waals surface area contributed by atoms with Crippen LogP contribution in [0.1, 0.15) is 37.7 Å². The van der Waals surface area contributed by atoms with Crippen LogP contribution in [0, 0.1) is 0 Å². The Labute approximate surface area is 175 Å². The summed E-state index contributed by atoms with van der Waals surface area (Å²) in [4.78, 5) is 6.72. The molecule has 0 bridgehead atoms. The predicted molar refractivity (Wildman–Crippen MR) is 119 cm³/mol. The third-order valence-electron chi connectivity index (χ3n) is 5.49. The van der Waals surface area contributed by atoms with Crippen LogP contribution in [0.15, 0.2) is 40.9 Å². The Balaban J connectivity index is 1.36. The third-order valence-corrected chi connectivity index (χ3v) is 5.49. The minimum Gasteiger partial charge on any atom is -0.492 e. The van der Waals surface area contributed by atoms with E-state index in [-0.39, 0.29) is 0 Å². The van der Waals surface area contributed by atoms with E-state index in [4.69, 9.17) is 9.47 Å². The first-order valence-corrected chi connectivity index (χ1v) is 11.0. The maximum Gasteiger partial charge on any atom is 0.191 e. The molecule has 2 N–H and O–H groups in total. The summed E-state index contributed by atoms with van der Waals surface area (Å²) in [6.07, 6.45) is 8.69. The van der Waals surface area contributed by atoms with Gasteiger partial charge in [-0.05, 0) is 49.8 Å². The van der Waals surface area contributed by atoms with Crippen LogP contribution in [-0.4, -0.2) is 63.9 Å². The van der Waals surface area contributed by atoms with Crippen LogP contribution in [0.5, 0.6) is 5.75 Å². The van der Waals surface area contributed by atoms with Crippen LogP contribution in [0.4, 0.5) is 0 Å². The number of aliphatic imine (C=N–C) groups is 1. The number of nitrogens with zero attached hydrogens (tertiary/aromatic N) is 2. The van der Waals surface area contributed by atoms with E-state index in [1.807, 2.05) is 19.2 Å². The van der Waals surface area contributed by atoms with Crippen LogP contribution >= 0.6 is 0 Å². The Morgan fingerprint density at radius 1 is 1.21 bits per heavy atom. The molecule has 0 aromatic heterocycles. The van der Waals surface area contributed by atoms with E-state index in [9.17, 15) is 0 Å². The highest BCUT2D eigenvalue weighted by Gasteiger charge is 2.10. The molecule has 0 saturated carbocycles. The van der Waals surface area contributed by atoms with Gasteiger partial charge in [-0.25, -0.2) is 0 Å². The van der Waals surface area contributed by atoms with Crippen LogP contribution in [0.25, 0.3) is 0 Å². The predicted octanol–water partition coefficient (Wildman–Crippen LogP) is 2.95. The third kappa shape index (κ3) is 8.07. The molecule has 29 heavy (non-hydrogen) atoms. The number of guanidine groups is 1. The van der Waals surface area contributed by atoms with Crippen LogP contribution in [0.2, 0.25) is 0 Å². The molecule has 1 saturated heterocycles. The summed E-state index contributed by atoms with van der Waals surface area (Å²) in [5.74, 6) is 1.77. The topological polar surface area (TPSA) is 58.1 Å². The highest BCUT2D eigenvalue weighted by Crippen LogP contribution is 2.19. The SMILES string of the molecule is CN=C(NCCC1=CCCCC1)NCc1cccc(OCCN2CCOCC2)c1. The molecule has 0 spiro atoms. The number of rotatable bonds is 9. The maximum atomic E-state index is 5.95. The zero-order valence-corrected chi connectivity index (χ0v) is 17.8. The fourth-order valence-electron chi connectivity index (χ4n) is 3.74. The minimum atomic E-state index is 0.704. The van der Waals surface area contributed by atoms with Gasteiger partial charge in [0.15, 0.2) is 5.96 Å². The van der Waals surface area contributed by atoms with E-state index in [0.717, 1.165) is 64.1 Å². The van der Waals surface area contributed by atoms with Crippen molar-refractivity contribution in [1.82, 2.24) is 15.5 Å². The smallest absolute Gasteiger partial charge is 0.191 e. The lowest BCUT2D eigenvalue weighted by molar-refractivity contribution is 0.0322. The molecule has 1 aromatic carbocycles. The Morgan fingerprint density at radius 2 is 2.10 bits per heavy atom. The molecule has 0 unspecified atom stereocenters. The lowest BCUT2D eigenvalue weighted by atomic mass is 9.97. The van der Waals surface area contributed by atoms with Gasteiger partial charge in [0.25, 0.3) is 0 Å². The molecule has 1 aliphatic carbocycles. The summed E-state index contributed by atoms with van der Waals surface area (Å²) in [5.41, 5.74) is 2.77. The van der Waals surface area contributed by atoms with Crippen molar-refractivity contribution in [3.63, 3.8) is 0 Å². The standard InChI is InChI=1S/C23H36N4O2/c1-24-23(25-11-10-20-6-3-2-4-7-20)26-19-21-8-5-9-22(18-21)29-17-14-27-12-15-28-16-13-27/h5-6,8-9,18H,2-4,7,10-17,19H2,1H3,(H2,24,25,26). The van der Waals surface area contributed by atoms with Gasteiger partial charge in [0.2, 0.25) is 0 Å². The van der Waals surface area contributed by atoms with Gasteiger partial charge in [-0.15, -0.1) is 0 Å². The summed E-state index contributed by atoms with van der Waals surface area (Å²) in [7, 11) is 1.82. The normalized spacial score (nSPS) is 18.2. The van der Waals surface area contributed by atoms with Gasteiger partial charge in [-0.2, -0.15) is 0 Å². The molecule has 1 aromatic rings. The van der Waals surface area contributed by atoms with Gasteiger partial charge in [-0.3, -0.25) is 9.89 Å². The maximum absolute atomic E-state index is 5.95. The second-order valence-electron chi connectivity index (χ2n) is 7.66. The monoisotopic (exact) mass is 400 g/mol. The van der Waals surface area contributed by atoms with Crippen molar-refractivity contribution >= 4 is 5.96 Å². The van der Waals surface area contributed by atoms with E-state index >= 15 is 0 Å². The van der Waals surface area contributed by atoms with E-state index in [1.54, 1.807) is 5.57 Å². The Hall–Kier alpha value is -2.05. The fraction of sp³-hybridized carbons (Fsp3) is 0.609. The molecule has 6 nitrogen and oxygen atoms in total. The van der Waals surface area contributed by atoms with Crippen LogP contribution in [-0.2, 0) is 11.3 Å². The van der Waals surface area contributed by atoms with Gasteiger partial charge < -0.3 is 20.1 Å². The molecule has 3 rings (SSSR count). The van der Waals surface area contributed by atoms with E-state index in [0.29, 0.717) is 6.61 Å². The summed E-state index contributed by atoms with van der Waals surface area (Å²) in [6.45, 7) is 6.95. The Kier molecular flexibility index (Phi) is 9.33. The lowest BCUT2D eigenvalue weighted by Gasteiger charge is -2.26. The van der Waals surface area contributed by atoms with Gasteiger partial charge in [0, 0.05) is 39.8 Å². The average molecular weight is 401 g/mol. The van der Waals surface area contributed by atoms with Crippen LogP contribution in [0.3, 0.4) is 0 Å². The van der Waals surface area contributed by atoms with Crippen LogP contribution < -0.4 is 15.4 Å².